The highest BCUT2D eigenvalue weighted by molar-refractivity contribution is 5.53. The second-order valence-electron chi connectivity index (χ2n) is 5.31. The zero-order valence-electron chi connectivity index (χ0n) is 12.4. The van der Waals surface area contributed by atoms with Crippen LogP contribution in [0, 0.1) is 0 Å². The van der Waals surface area contributed by atoms with Gasteiger partial charge in [0.2, 0.25) is 5.88 Å². The van der Waals surface area contributed by atoms with Crippen LogP contribution in [0.15, 0.2) is 42.6 Å². The van der Waals surface area contributed by atoms with Crippen LogP contribution in [0.4, 0.5) is 5.69 Å². The van der Waals surface area contributed by atoms with Crippen molar-refractivity contribution in [2.24, 2.45) is 0 Å². The van der Waals surface area contributed by atoms with Crippen LogP contribution in [0.3, 0.4) is 0 Å². The third-order valence-electron chi connectivity index (χ3n) is 4.04. The van der Waals surface area contributed by atoms with Crippen LogP contribution in [0.5, 0.6) is 11.6 Å². The molecule has 1 aliphatic rings. The van der Waals surface area contributed by atoms with Gasteiger partial charge in [-0.3, -0.25) is 0 Å². The van der Waals surface area contributed by atoms with E-state index in [1.54, 1.807) is 20.4 Å². The van der Waals surface area contributed by atoms with Crippen LogP contribution >= 0.6 is 0 Å². The van der Waals surface area contributed by atoms with Crippen LogP contribution in [0.2, 0.25) is 0 Å². The lowest BCUT2D eigenvalue weighted by molar-refractivity contribution is 0.347. The van der Waals surface area contributed by atoms with Gasteiger partial charge in [-0.05, 0) is 42.5 Å². The van der Waals surface area contributed by atoms with Crippen molar-refractivity contribution in [3.05, 3.63) is 48.2 Å². The number of benzene rings is 1. The molecule has 21 heavy (non-hydrogen) atoms. The smallest absolute Gasteiger partial charge is 0.237 e. The molecular formula is C17H20N2O2. The summed E-state index contributed by atoms with van der Waals surface area (Å²) < 4.78 is 10.7. The molecule has 4 heteroatoms. The molecule has 3 rings (SSSR count). The van der Waals surface area contributed by atoms with E-state index in [9.17, 15) is 0 Å². The summed E-state index contributed by atoms with van der Waals surface area (Å²) in [5.41, 5.74) is 2.26. The molecule has 110 valence electrons. The molecule has 1 heterocycles. The van der Waals surface area contributed by atoms with Gasteiger partial charge in [0.05, 0.1) is 19.9 Å². The van der Waals surface area contributed by atoms with Crippen molar-refractivity contribution in [3.8, 4) is 11.6 Å². The molecule has 0 spiro atoms. The Bertz CT molecular complexity index is 609. The molecule has 0 bridgehead atoms. The fraction of sp³-hybridized carbons (Fsp3) is 0.353. The maximum atomic E-state index is 5.44. The molecule has 1 aromatic carbocycles. The Hall–Kier alpha value is -2.23. The molecule has 0 atom stereocenters. The summed E-state index contributed by atoms with van der Waals surface area (Å²) in [7, 11) is 3.37. The number of hydrogen-bond donors (Lipinski definition) is 1. The fourth-order valence-electron chi connectivity index (χ4n) is 2.88. The third-order valence-corrected chi connectivity index (χ3v) is 4.04. The average Bonchev–Trinajstić information content (AvgIpc) is 2.51. The first-order chi connectivity index (χ1) is 10.3. The molecule has 0 radical (unpaired) electrons. The standard InChI is InChI=1S/C17H20N2O2/c1-20-16-8-4-3-6-14(16)12-10-13(11-12)19-15-7-5-9-18-17(15)21-2/h3-9,12-13,19H,10-11H2,1-2H3. The van der Waals surface area contributed by atoms with E-state index in [4.69, 9.17) is 9.47 Å². The minimum atomic E-state index is 0.456. The van der Waals surface area contributed by atoms with E-state index < -0.39 is 0 Å². The lowest BCUT2D eigenvalue weighted by Crippen LogP contribution is -2.34. The molecule has 1 fully saturated rings. The number of para-hydroxylation sites is 1. The second-order valence-corrected chi connectivity index (χ2v) is 5.31. The Labute approximate surface area is 125 Å². The van der Waals surface area contributed by atoms with E-state index in [-0.39, 0.29) is 0 Å². The summed E-state index contributed by atoms with van der Waals surface area (Å²) in [6.45, 7) is 0. The second kappa shape index (κ2) is 6.04. The fourth-order valence-corrected chi connectivity index (χ4v) is 2.88. The van der Waals surface area contributed by atoms with Crippen molar-refractivity contribution in [1.82, 2.24) is 4.98 Å². The Morgan fingerprint density at radius 1 is 1.05 bits per heavy atom. The lowest BCUT2D eigenvalue weighted by atomic mass is 9.75. The summed E-state index contributed by atoms with van der Waals surface area (Å²) in [6.07, 6.45) is 3.93. The lowest BCUT2D eigenvalue weighted by Gasteiger charge is -2.37. The summed E-state index contributed by atoms with van der Waals surface area (Å²) in [6, 6.07) is 12.6. The number of rotatable bonds is 5. The summed E-state index contributed by atoms with van der Waals surface area (Å²) >= 11 is 0. The molecule has 1 N–H and O–H groups in total. The molecule has 1 aromatic heterocycles. The van der Waals surface area contributed by atoms with Gasteiger partial charge in [0.15, 0.2) is 0 Å². The molecule has 0 aliphatic heterocycles. The zero-order chi connectivity index (χ0) is 14.7. The Kier molecular flexibility index (Phi) is 3.95. The Balaban J connectivity index is 1.63. The maximum absolute atomic E-state index is 5.44. The van der Waals surface area contributed by atoms with Gasteiger partial charge in [0.1, 0.15) is 5.75 Å². The number of anilines is 1. The van der Waals surface area contributed by atoms with Crippen molar-refractivity contribution in [3.63, 3.8) is 0 Å². The summed E-state index contributed by atoms with van der Waals surface area (Å²) in [5, 5.41) is 3.51. The minimum Gasteiger partial charge on any atom is -0.496 e. The van der Waals surface area contributed by atoms with E-state index in [0.29, 0.717) is 17.8 Å². The number of nitrogens with zero attached hydrogens (tertiary/aromatic N) is 1. The van der Waals surface area contributed by atoms with Gasteiger partial charge in [0.25, 0.3) is 0 Å². The van der Waals surface area contributed by atoms with Crippen LogP contribution in [0.25, 0.3) is 0 Å². The van der Waals surface area contributed by atoms with Crippen molar-refractivity contribution in [2.75, 3.05) is 19.5 Å². The predicted octanol–water partition coefficient (Wildman–Crippen LogP) is 3.46. The molecule has 4 nitrogen and oxygen atoms in total. The molecular weight excluding hydrogens is 264 g/mol. The third kappa shape index (κ3) is 2.79. The normalized spacial score (nSPS) is 20.5. The quantitative estimate of drug-likeness (QED) is 0.913. The number of ether oxygens (including phenoxy) is 2. The van der Waals surface area contributed by atoms with E-state index in [0.717, 1.165) is 24.3 Å². The van der Waals surface area contributed by atoms with Gasteiger partial charge >= 0.3 is 0 Å². The van der Waals surface area contributed by atoms with E-state index in [2.05, 4.69) is 22.4 Å². The number of aromatic nitrogens is 1. The van der Waals surface area contributed by atoms with E-state index in [1.165, 1.54) is 5.56 Å². The van der Waals surface area contributed by atoms with Gasteiger partial charge in [-0.2, -0.15) is 0 Å². The Morgan fingerprint density at radius 3 is 2.62 bits per heavy atom. The molecule has 0 saturated heterocycles. The molecule has 0 amide bonds. The zero-order valence-corrected chi connectivity index (χ0v) is 12.4. The van der Waals surface area contributed by atoms with Crippen LogP contribution < -0.4 is 14.8 Å². The van der Waals surface area contributed by atoms with Crippen LogP contribution in [-0.4, -0.2) is 25.2 Å². The molecule has 0 unspecified atom stereocenters. The SMILES string of the molecule is COc1ccccc1C1CC(Nc2cccnc2OC)C1. The number of hydrogen-bond acceptors (Lipinski definition) is 4. The summed E-state index contributed by atoms with van der Waals surface area (Å²) in [4.78, 5) is 4.21. The number of methoxy groups -OCH3 is 2. The molecule has 1 aliphatic carbocycles. The number of nitrogens with one attached hydrogen (secondary N) is 1. The van der Waals surface area contributed by atoms with E-state index >= 15 is 0 Å². The van der Waals surface area contributed by atoms with Crippen molar-refractivity contribution >= 4 is 5.69 Å². The monoisotopic (exact) mass is 284 g/mol. The minimum absolute atomic E-state index is 0.456. The summed E-state index contributed by atoms with van der Waals surface area (Å²) in [5.74, 6) is 2.19. The van der Waals surface area contributed by atoms with Gasteiger partial charge < -0.3 is 14.8 Å². The molecule has 2 aromatic rings. The largest absolute Gasteiger partial charge is 0.496 e. The first kappa shape index (κ1) is 13.7. The highest BCUT2D eigenvalue weighted by Crippen LogP contribution is 2.42. The van der Waals surface area contributed by atoms with Gasteiger partial charge in [-0.15, -0.1) is 0 Å². The van der Waals surface area contributed by atoms with Crippen molar-refractivity contribution in [1.29, 1.82) is 0 Å². The van der Waals surface area contributed by atoms with Gasteiger partial charge in [-0.1, -0.05) is 18.2 Å². The van der Waals surface area contributed by atoms with Gasteiger partial charge in [-0.25, -0.2) is 4.98 Å². The highest BCUT2D eigenvalue weighted by atomic mass is 16.5. The first-order valence-corrected chi connectivity index (χ1v) is 7.20. The first-order valence-electron chi connectivity index (χ1n) is 7.20. The van der Waals surface area contributed by atoms with Crippen molar-refractivity contribution < 1.29 is 9.47 Å². The topological polar surface area (TPSA) is 43.4 Å². The van der Waals surface area contributed by atoms with Crippen LogP contribution in [-0.2, 0) is 0 Å². The van der Waals surface area contributed by atoms with Crippen molar-refractivity contribution in [2.45, 2.75) is 24.8 Å². The number of pyridine rings is 1. The average molecular weight is 284 g/mol. The Morgan fingerprint density at radius 2 is 1.86 bits per heavy atom. The predicted molar refractivity (Wildman–Crippen MR) is 83.2 cm³/mol. The van der Waals surface area contributed by atoms with Crippen LogP contribution in [0.1, 0.15) is 24.3 Å². The van der Waals surface area contributed by atoms with E-state index in [1.807, 2.05) is 24.3 Å². The maximum Gasteiger partial charge on any atom is 0.237 e. The molecule has 1 saturated carbocycles. The highest BCUT2D eigenvalue weighted by Gasteiger charge is 2.32. The van der Waals surface area contributed by atoms with Gasteiger partial charge in [0, 0.05) is 12.2 Å².